The van der Waals surface area contributed by atoms with Gasteiger partial charge in [-0.3, -0.25) is 9.59 Å². The van der Waals surface area contributed by atoms with Crippen LogP contribution in [0.3, 0.4) is 0 Å². The lowest BCUT2D eigenvalue weighted by Crippen LogP contribution is -2.35. The van der Waals surface area contributed by atoms with Crippen LogP contribution in [0.15, 0.2) is 17.1 Å². The third-order valence-electron chi connectivity index (χ3n) is 2.58. The number of aromatic nitrogens is 2. The highest BCUT2D eigenvalue weighted by atomic mass is 16.3. The lowest BCUT2D eigenvalue weighted by molar-refractivity contribution is -0.122. The average molecular weight is 268 g/mol. The first-order valence-electron chi connectivity index (χ1n) is 6.24. The normalized spacial score (nSPS) is 10.3. The Hall–Kier alpha value is -1.89. The molecule has 1 aromatic heterocycles. The van der Waals surface area contributed by atoms with Crippen molar-refractivity contribution >= 4 is 11.6 Å². The van der Waals surface area contributed by atoms with Gasteiger partial charge >= 0.3 is 0 Å². The van der Waals surface area contributed by atoms with Crippen molar-refractivity contribution in [2.45, 2.75) is 19.9 Å². The molecule has 1 heterocycles. The van der Waals surface area contributed by atoms with Crippen molar-refractivity contribution in [3.8, 4) is 0 Å². The van der Waals surface area contributed by atoms with Crippen LogP contribution in [-0.2, 0) is 11.3 Å². The Morgan fingerprint density at radius 2 is 2.32 bits per heavy atom. The van der Waals surface area contributed by atoms with Crippen LogP contribution >= 0.6 is 0 Å². The highest BCUT2D eigenvalue weighted by molar-refractivity contribution is 5.75. The van der Waals surface area contributed by atoms with Crippen LogP contribution in [0.4, 0.5) is 5.69 Å². The summed E-state index contributed by atoms with van der Waals surface area (Å²) in [5.74, 6) is -0.349. The molecule has 2 N–H and O–H groups in total. The number of amides is 1. The van der Waals surface area contributed by atoms with Gasteiger partial charge in [0.15, 0.2) is 0 Å². The van der Waals surface area contributed by atoms with Crippen molar-refractivity contribution in [3.05, 3.63) is 22.6 Å². The summed E-state index contributed by atoms with van der Waals surface area (Å²) in [7, 11) is 1.89. The number of nitrogens with zero attached hydrogens (tertiary/aromatic N) is 3. The Balaban J connectivity index is 2.72. The molecule has 1 amide bonds. The van der Waals surface area contributed by atoms with Crippen molar-refractivity contribution in [1.29, 1.82) is 0 Å². The first-order valence-corrected chi connectivity index (χ1v) is 6.24. The highest BCUT2D eigenvalue weighted by Crippen LogP contribution is 2.06. The van der Waals surface area contributed by atoms with Crippen molar-refractivity contribution in [3.63, 3.8) is 0 Å². The average Bonchev–Trinajstić information content (AvgIpc) is 2.39. The molecule has 0 fully saturated rings. The molecule has 1 rings (SSSR count). The molecule has 0 aliphatic heterocycles. The van der Waals surface area contributed by atoms with Crippen molar-refractivity contribution in [2.24, 2.45) is 0 Å². The number of carbonyl (C=O) groups is 1. The van der Waals surface area contributed by atoms with Gasteiger partial charge in [-0.15, -0.1) is 0 Å². The maximum atomic E-state index is 11.8. The summed E-state index contributed by atoms with van der Waals surface area (Å²) < 4.78 is 1.09. The summed E-state index contributed by atoms with van der Waals surface area (Å²) in [5.41, 5.74) is 0.415. The number of rotatable bonds is 7. The van der Waals surface area contributed by atoms with Crippen LogP contribution in [0, 0.1) is 0 Å². The number of hydrogen-bond donors (Lipinski definition) is 2. The largest absolute Gasteiger partial charge is 0.395 e. The number of anilines is 1. The van der Waals surface area contributed by atoms with E-state index in [1.54, 1.807) is 6.20 Å². The fourth-order valence-corrected chi connectivity index (χ4v) is 1.60. The standard InChI is InChI=1S/C12H20N4O3/c1-3-5-15(2)10-7-12(19)16(14-8-10)9-11(18)13-4-6-17/h7-8,17H,3-6,9H2,1-2H3,(H,13,18). The molecular weight excluding hydrogens is 248 g/mol. The number of nitrogens with one attached hydrogen (secondary N) is 1. The Morgan fingerprint density at radius 3 is 2.89 bits per heavy atom. The first-order chi connectivity index (χ1) is 9.08. The molecular formula is C12H20N4O3. The van der Waals surface area contributed by atoms with Crippen LogP contribution in [0.1, 0.15) is 13.3 Å². The molecule has 7 nitrogen and oxygen atoms in total. The zero-order chi connectivity index (χ0) is 14.3. The lowest BCUT2D eigenvalue weighted by atomic mass is 10.3. The maximum Gasteiger partial charge on any atom is 0.269 e. The molecule has 106 valence electrons. The Bertz CT molecular complexity index is 472. The molecule has 0 aliphatic carbocycles. The third kappa shape index (κ3) is 4.70. The fourth-order valence-electron chi connectivity index (χ4n) is 1.60. The molecule has 0 aromatic carbocycles. The van der Waals surface area contributed by atoms with Crippen molar-refractivity contribution in [2.75, 3.05) is 31.6 Å². The molecule has 0 aliphatic rings. The number of hydrogen-bond acceptors (Lipinski definition) is 5. The summed E-state index contributed by atoms with van der Waals surface area (Å²) in [6, 6.07) is 1.46. The Labute approximate surface area is 111 Å². The monoisotopic (exact) mass is 268 g/mol. The number of aliphatic hydroxyl groups is 1. The lowest BCUT2D eigenvalue weighted by Gasteiger charge is -2.17. The Kier molecular flexibility index (Phi) is 6.01. The molecule has 0 saturated carbocycles. The van der Waals surface area contributed by atoms with Crippen LogP contribution in [0.2, 0.25) is 0 Å². The van der Waals surface area contributed by atoms with Crippen LogP contribution < -0.4 is 15.8 Å². The molecule has 19 heavy (non-hydrogen) atoms. The molecule has 0 spiro atoms. The number of aliphatic hydroxyl groups excluding tert-OH is 1. The summed E-state index contributed by atoms with van der Waals surface area (Å²) in [6.45, 7) is 2.79. The van der Waals surface area contributed by atoms with Crippen molar-refractivity contribution < 1.29 is 9.90 Å². The van der Waals surface area contributed by atoms with Gasteiger partial charge in [-0.1, -0.05) is 6.92 Å². The zero-order valence-corrected chi connectivity index (χ0v) is 11.3. The van der Waals surface area contributed by atoms with Gasteiger partial charge in [-0.05, 0) is 6.42 Å². The maximum absolute atomic E-state index is 11.8. The molecule has 0 unspecified atom stereocenters. The van der Waals surface area contributed by atoms with Gasteiger partial charge in [0.25, 0.3) is 5.56 Å². The summed E-state index contributed by atoms with van der Waals surface area (Å²) in [5, 5.41) is 15.0. The minimum atomic E-state index is -0.349. The minimum absolute atomic E-state index is 0.130. The first kappa shape index (κ1) is 15.2. The van der Waals surface area contributed by atoms with E-state index < -0.39 is 0 Å². The second-order valence-corrected chi connectivity index (χ2v) is 4.20. The van der Waals surface area contributed by atoms with E-state index in [0.717, 1.165) is 23.3 Å². The smallest absolute Gasteiger partial charge is 0.269 e. The predicted molar refractivity (Wildman–Crippen MR) is 72.2 cm³/mol. The van der Waals surface area contributed by atoms with E-state index in [2.05, 4.69) is 17.3 Å². The van der Waals surface area contributed by atoms with Gasteiger partial charge in [0.2, 0.25) is 5.91 Å². The van der Waals surface area contributed by atoms with E-state index in [9.17, 15) is 9.59 Å². The fraction of sp³-hybridized carbons (Fsp3) is 0.583. The van der Waals surface area contributed by atoms with Gasteiger partial charge in [-0.25, -0.2) is 4.68 Å². The predicted octanol–water partition coefficient (Wildman–Crippen LogP) is -0.802. The van der Waals surface area contributed by atoms with Gasteiger partial charge in [-0.2, -0.15) is 5.10 Å². The van der Waals surface area contributed by atoms with Crippen LogP contribution in [0.5, 0.6) is 0 Å². The van der Waals surface area contributed by atoms with Gasteiger partial charge in [0.05, 0.1) is 18.5 Å². The second kappa shape index (κ2) is 7.52. The van der Waals surface area contributed by atoms with E-state index in [1.807, 2.05) is 11.9 Å². The molecule has 0 bridgehead atoms. The van der Waals surface area contributed by atoms with Gasteiger partial charge in [0, 0.05) is 26.2 Å². The molecule has 7 heteroatoms. The van der Waals surface area contributed by atoms with Gasteiger partial charge in [0.1, 0.15) is 6.54 Å². The van der Waals surface area contributed by atoms with E-state index in [4.69, 9.17) is 5.11 Å². The number of carbonyl (C=O) groups excluding carboxylic acids is 1. The van der Waals surface area contributed by atoms with Crippen LogP contribution in [-0.4, -0.2) is 47.5 Å². The second-order valence-electron chi connectivity index (χ2n) is 4.20. The molecule has 0 atom stereocenters. The topological polar surface area (TPSA) is 87.5 Å². The van der Waals surface area contributed by atoms with E-state index in [-0.39, 0.29) is 31.2 Å². The quantitative estimate of drug-likeness (QED) is 0.676. The summed E-state index contributed by atoms with van der Waals surface area (Å²) >= 11 is 0. The highest BCUT2D eigenvalue weighted by Gasteiger charge is 2.07. The molecule has 0 radical (unpaired) electrons. The van der Waals surface area contributed by atoms with E-state index in [1.165, 1.54) is 6.07 Å². The van der Waals surface area contributed by atoms with Gasteiger partial charge < -0.3 is 15.3 Å². The zero-order valence-electron chi connectivity index (χ0n) is 11.3. The SMILES string of the molecule is CCCN(C)c1cnn(CC(=O)NCCO)c(=O)c1. The third-order valence-corrected chi connectivity index (χ3v) is 2.58. The summed E-state index contributed by atoms with van der Waals surface area (Å²) in [4.78, 5) is 25.2. The molecule has 0 saturated heterocycles. The molecule has 1 aromatic rings. The summed E-state index contributed by atoms with van der Waals surface area (Å²) in [6.07, 6.45) is 2.54. The Morgan fingerprint density at radius 1 is 1.58 bits per heavy atom. The van der Waals surface area contributed by atoms with E-state index >= 15 is 0 Å². The minimum Gasteiger partial charge on any atom is -0.395 e. The van der Waals surface area contributed by atoms with E-state index in [0.29, 0.717) is 0 Å². The van der Waals surface area contributed by atoms with Crippen molar-refractivity contribution in [1.82, 2.24) is 15.1 Å². The van der Waals surface area contributed by atoms with Crippen LogP contribution in [0.25, 0.3) is 0 Å².